The summed E-state index contributed by atoms with van der Waals surface area (Å²) in [5.41, 5.74) is 1.15. The smallest absolute Gasteiger partial charge is 0.254 e. The molecule has 0 bridgehead atoms. The lowest BCUT2D eigenvalue weighted by Gasteiger charge is -2.36. The fourth-order valence-corrected chi connectivity index (χ4v) is 3.64. The Morgan fingerprint density at radius 1 is 1.45 bits per heavy atom. The van der Waals surface area contributed by atoms with Gasteiger partial charge in [0, 0.05) is 17.9 Å². The molecule has 1 fully saturated rings. The third-order valence-corrected chi connectivity index (χ3v) is 5.49. The quantitative estimate of drug-likeness (QED) is 0.738. The summed E-state index contributed by atoms with van der Waals surface area (Å²) in [4.78, 5) is 44.7. The van der Waals surface area contributed by atoms with E-state index in [0.29, 0.717) is 36.5 Å². The van der Waals surface area contributed by atoms with Gasteiger partial charge in [-0.15, -0.1) is 11.8 Å². The number of thioether (sulfide) groups is 1. The second kappa shape index (κ2) is 5.42. The van der Waals surface area contributed by atoms with E-state index in [9.17, 15) is 14.4 Å². The zero-order valence-corrected chi connectivity index (χ0v) is 13.3. The molecular weight excluding hydrogens is 304 g/mol. The fourth-order valence-electron chi connectivity index (χ4n) is 2.64. The molecule has 118 valence electrons. The van der Waals surface area contributed by atoms with Gasteiger partial charge >= 0.3 is 0 Å². The molecule has 2 N–H and O–H groups in total. The number of rotatable bonds is 1. The van der Waals surface area contributed by atoms with Gasteiger partial charge in [-0.1, -0.05) is 0 Å². The normalized spacial score (nSPS) is 23.6. The Morgan fingerprint density at radius 2 is 2.23 bits per heavy atom. The van der Waals surface area contributed by atoms with Crippen molar-refractivity contribution < 1.29 is 9.59 Å². The monoisotopic (exact) mass is 322 g/mol. The molecule has 0 saturated carbocycles. The van der Waals surface area contributed by atoms with Gasteiger partial charge < -0.3 is 15.2 Å². The zero-order chi connectivity index (χ0) is 15.9. The predicted molar refractivity (Wildman–Crippen MR) is 82.4 cm³/mol. The maximum absolute atomic E-state index is 12.6. The Morgan fingerprint density at radius 3 is 2.95 bits per heavy atom. The molecule has 8 heteroatoms. The molecule has 2 aliphatic rings. The van der Waals surface area contributed by atoms with Crippen molar-refractivity contribution >= 4 is 23.6 Å². The van der Waals surface area contributed by atoms with E-state index in [2.05, 4.69) is 15.3 Å². The zero-order valence-electron chi connectivity index (χ0n) is 12.5. The third-order valence-electron chi connectivity index (χ3n) is 4.08. The van der Waals surface area contributed by atoms with Gasteiger partial charge in [0.1, 0.15) is 6.04 Å². The lowest BCUT2D eigenvalue weighted by molar-refractivity contribution is -0.137. The third kappa shape index (κ3) is 2.63. The molecule has 0 aromatic carbocycles. The van der Waals surface area contributed by atoms with Crippen LogP contribution in [-0.2, 0) is 22.6 Å². The predicted octanol–water partition coefficient (Wildman–Crippen LogP) is -0.335. The fraction of sp³-hybridized carbons (Fsp3) is 0.571. The Balaban J connectivity index is 1.72. The highest BCUT2D eigenvalue weighted by atomic mass is 32.2. The number of fused-ring (bicyclic) bond motifs is 1. The molecular formula is C14H18N4O3S. The number of amides is 2. The summed E-state index contributed by atoms with van der Waals surface area (Å²) < 4.78 is -0.500. The highest BCUT2D eigenvalue weighted by molar-refractivity contribution is 8.01. The summed E-state index contributed by atoms with van der Waals surface area (Å²) >= 11 is 1.49. The van der Waals surface area contributed by atoms with E-state index in [1.807, 2.05) is 13.8 Å². The molecule has 1 aromatic rings. The first-order valence-electron chi connectivity index (χ1n) is 7.17. The first-order valence-corrected chi connectivity index (χ1v) is 8.16. The van der Waals surface area contributed by atoms with Crippen LogP contribution in [0.15, 0.2) is 11.1 Å². The van der Waals surface area contributed by atoms with Gasteiger partial charge in [0.2, 0.25) is 11.8 Å². The highest BCUT2D eigenvalue weighted by Crippen LogP contribution is 2.29. The van der Waals surface area contributed by atoms with Crippen LogP contribution in [0.4, 0.5) is 0 Å². The Kier molecular flexibility index (Phi) is 3.72. The van der Waals surface area contributed by atoms with Crippen molar-refractivity contribution in [3.63, 3.8) is 0 Å². The van der Waals surface area contributed by atoms with Crippen molar-refractivity contribution in [2.24, 2.45) is 0 Å². The minimum Gasteiger partial charge on any atom is -0.342 e. The summed E-state index contributed by atoms with van der Waals surface area (Å²) in [5, 5.41) is 2.80. The molecule has 1 aromatic heterocycles. The van der Waals surface area contributed by atoms with Gasteiger partial charge in [-0.2, -0.15) is 0 Å². The Hall–Kier alpha value is -1.83. The van der Waals surface area contributed by atoms with Crippen molar-refractivity contribution in [3.8, 4) is 0 Å². The van der Waals surface area contributed by atoms with E-state index in [1.165, 1.54) is 18.1 Å². The van der Waals surface area contributed by atoms with E-state index < -0.39 is 10.8 Å². The molecule has 0 radical (unpaired) electrons. The number of aromatic amines is 1. The average molecular weight is 322 g/mol. The van der Waals surface area contributed by atoms with Crippen molar-refractivity contribution in [1.29, 1.82) is 0 Å². The van der Waals surface area contributed by atoms with Crippen LogP contribution in [0.5, 0.6) is 0 Å². The average Bonchev–Trinajstić information content (AvgIpc) is 2.49. The van der Waals surface area contributed by atoms with Crippen molar-refractivity contribution in [2.45, 2.75) is 37.6 Å². The van der Waals surface area contributed by atoms with Gasteiger partial charge in [-0.3, -0.25) is 14.4 Å². The van der Waals surface area contributed by atoms with E-state index in [4.69, 9.17) is 0 Å². The van der Waals surface area contributed by atoms with Crippen molar-refractivity contribution in [1.82, 2.24) is 20.2 Å². The van der Waals surface area contributed by atoms with Gasteiger partial charge in [-0.25, -0.2) is 4.98 Å². The first kappa shape index (κ1) is 15.1. The van der Waals surface area contributed by atoms with Gasteiger partial charge in [0.25, 0.3) is 5.56 Å². The van der Waals surface area contributed by atoms with E-state index in [0.717, 1.165) is 0 Å². The lowest BCUT2D eigenvalue weighted by Crippen LogP contribution is -2.58. The number of carbonyl (C=O) groups is 2. The molecule has 1 atom stereocenters. The SMILES string of the molecule is CC1(C)SC[C@@H](C(=O)N2CCc3c(nc[nH]c3=O)C2)NC1=O. The van der Waals surface area contributed by atoms with Crippen LogP contribution in [0.25, 0.3) is 0 Å². The van der Waals surface area contributed by atoms with Crippen LogP contribution in [0.3, 0.4) is 0 Å². The number of carbonyl (C=O) groups excluding carboxylic acids is 2. The van der Waals surface area contributed by atoms with Crippen LogP contribution in [0, 0.1) is 0 Å². The van der Waals surface area contributed by atoms with Gasteiger partial charge in [0.15, 0.2) is 0 Å². The largest absolute Gasteiger partial charge is 0.342 e. The summed E-state index contributed by atoms with van der Waals surface area (Å²) in [5.74, 6) is 0.335. The van der Waals surface area contributed by atoms with Gasteiger partial charge in [-0.05, 0) is 20.3 Å². The minimum absolute atomic E-state index is 0.107. The molecule has 0 unspecified atom stereocenters. The number of nitrogens with one attached hydrogen (secondary N) is 2. The van der Waals surface area contributed by atoms with Crippen LogP contribution < -0.4 is 10.9 Å². The molecule has 1 saturated heterocycles. The first-order chi connectivity index (χ1) is 10.4. The second-order valence-electron chi connectivity index (χ2n) is 6.01. The summed E-state index contributed by atoms with van der Waals surface area (Å²) in [6.45, 7) is 4.49. The number of aromatic nitrogens is 2. The number of H-pyrrole nitrogens is 1. The van der Waals surface area contributed by atoms with E-state index in [-0.39, 0.29) is 17.4 Å². The van der Waals surface area contributed by atoms with Crippen LogP contribution in [0.2, 0.25) is 0 Å². The standard InChI is InChI=1S/C14H18N4O3S/c1-14(2)13(21)17-10(6-22-14)12(20)18-4-3-8-9(5-18)15-7-16-11(8)19/h7,10H,3-6H2,1-2H3,(H,17,21)(H,15,16,19)/t10-/m0/s1. The Bertz CT molecular complexity index is 685. The molecule has 7 nitrogen and oxygen atoms in total. The molecule has 2 aliphatic heterocycles. The van der Waals surface area contributed by atoms with E-state index >= 15 is 0 Å². The molecule has 0 aliphatic carbocycles. The summed E-state index contributed by atoms with van der Waals surface area (Å²) in [7, 11) is 0. The molecule has 3 rings (SSSR count). The van der Waals surface area contributed by atoms with Crippen LogP contribution in [0.1, 0.15) is 25.1 Å². The number of hydrogen-bond acceptors (Lipinski definition) is 5. The minimum atomic E-state index is -0.505. The van der Waals surface area contributed by atoms with Crippen LogP contribution in [-0.4, -0.2) is 49.8 Å². The highest BCUT2D eigenvalue weighted by Gasteiger charge is 2.39. The molecule has 22 heavy (non-hydrogen) atoms. The number of nitrogens with zero attached hydrogens (tertiary/aromatic N) is 2. The van der Waals surface area contributed by atoms with Crippen molar-refractivity contribution in [2.75, 3.05) is 12.3 Å². The maximum Gasteiger partial charge on any atom is 0.254 e. The van der Waals surface area contributed by atoms with Crippen molar-refractivity contribution in [3.05, 3.63) is 27.9 Å². The van der Waals surface area contributed by atoms with E-state index in [1.54, 1.807) is 4.90 Å². The lowest BCUT2D eigenvalue weighted by atomic mass is 10.1. The molecule has 0 spiro atoms. The molecule has 3 heterocycles. The molecule has 2 amide bonds. The summed E-state index contributed by atoms with van der Waals surface area (Å²) in [6.07, 6.45) is 1.85. The topological polar surface area (TPSA) is 95.2 Å². The summed E-state index contributed by atoms with van der Waals surface area (Å²) in [6, 6.07) is -0.505. The second-order valence-corrected chi connectivity index (χ2v) is 7.66. The number of hydrogen-bond donors (Lipinski definition) is 2. The van der Waals surface area contributed by atoms with Crippen LogP contribution >= 0.6 is 11.8 Å². The maximum atomic E-state index is 12.6. The Labute approximate surface area is 131 Å². The van der Waals surface area contributed by atoms with Gasteiger partial charge in [0.05, 0.1) is 23.3 Å².